The van der Waals surface area contributed by atoms with E-state index in [-0.39, 0.29) is 5.56 Å². The van der Waals surface area contributed by atoms with Crippen LogP contribution in [0, 0.1) is 17.7 Å². The van der Waals surface area contributed by atoms with Crippen molar-refractivity contribution in [3.05, 3.63) is 35.1 Å². The van der Waals surface area contributed by atoms with Gasteiger partial charge in [0.2, 0.25) is 0 Å². The minimum atomic E-state index is -1.08. The molecule has 0 unspecified atom stereocenters. The summed E-state index contributed by atoms with van der Waals surface area (Å²) < 4.78 is 13.4. The number of carboxylic acids is 1. The minimum Gasteiger partial charge on any atom is -0.478 e. The van der Waals surface area contributed by atoms with Crippen LogP contribution in [0.3, 0.4) is 0 Å². The van der Waals surface area contributed by atoms with E-state index in [1.807, 2.05) is 0 Å². The third kappa shape index (κ3) is 3.79. The number of piperidine rings is 1. The van der Waals surface area contributed by atoms with Gasteiger partial charge in [0.1, 0.15) is 5.82 Å². The number of hydrogen-bond acceptors (Lipinski definition) is 2. The van der Waals surface area contributed by atoms with Crippen molar-refractivity contribution in [2.45, 2.75) is 33.2 Å². The summed E-state index contributed by atoms with van der Waals surface area (Å²) >= 11 is 0. The second kappa shape index (κ2) is 6.35. The summed E-state index contributed by atoms with van der Waals surface area (Å²) in [5.74, 6) is -0.0699. The average molecular weight is 279 g/mol. The van der Waals surface area contributed by atoms with Crippen LogP contribution in [0.1, 0.15) is 42.6 Å². The predicted molar refractivity (Wildman–Crippen MR) is 76.2 cm³/mol. The van der Waals surface area contributed by atoms with Crippen LogP contribution >= 0.6 is 0 Å². The standard InChI is InChI=1S/C16H22FNO2/c1-11(2)13-3-5-18(6-4-13)10-12-7-14(16(19)20)9-15(17)8-12/h7-9,11,13H,3-6,10H2,1-2H3,(H,19,20). The summed E-state index contributed by atoms with van der Waals surface area (Å²) in [5.41, 5.74) is 0.766. The molecule has 1 N–H and O–H groups in total. The Bertz CT molecular complexity index is 479. The molecule has 0 bridgehead atoms. The van der Waals surface area contributed by atoms with Crippen molar-refractivity contribution < 1.29 is 14.3 Å². The fraction of sp³-hybridized carbons (Fsp3) is 0.562. The molecular formula is C16H22FNO2. The molecule has 1 aliphatic rings. The van der Waals surface area contributed by atoms with E-state index >= 15 is 0 Å². The molecule has 1 aliphatic heterocycles. The zero-order valence-corrected chi connectivity index (χ0v) is 12.1. The maximum atomic E-state index is 13.4. The molecule has 3 nitrogen and oxygen atoms in total. The van der Waals surface area contributed by atoms with E-state index in [0.717, 1.165) is 30.6 Å². The molecule has 0 aromatic heterocycles. The van der Waals surface area contributed by atoms with E-state index < -0.39 is 11.8 Å². The number of nitrogens with zero attached hydrogens (tertiary/aromatic N) is 1. The van der Waals surface area contributed by atoms with Crippen molar-refractivity contribution in [3.63, 3.8) is 0 Å². The van der Waals surface area contributed by atoms with Crippen molar-refractivity contribution in [2.24, 2.45) is 11.8 Å². The summed E-state index contributed by atoms with van der Waals surface area (Å²) in [7, 11) is 0. The van der Waals surface area contributed by atoms with Crippen molar-refractivity contribution in [3.8, 4) is 0 Å². The highest BCUT2D eigenvalue weighted by Gasteiger charge is 2.21. The monoisotopic (exact) mass is 279 g/mol. The van der Waals surface area contributed by atoms with Gasteiger partial charge in [-0.15, -0.1) is 0 Å². The molecule has 1 fully saturated rings. The second-order valence-corrected chi connectivity index (χ2v) is 6.01. The molecule has 2 rings (SSSR count). The van der Waals surface area contributed by atoms with Gasteiger partial charge in [0, 0.05) is 6.54 Å². The highest BCUT2D eigenvalue weighted by molar-refractivity contribution is 5.87. The first-order valence-corrected chi connectivity index (χ1v) is 7.21. The first-order chi connectivity index (χ1) is 9.45. The maximum Gasteiger partial charge on any atom is 0.335 e. The largest absolute Gasteiger partial charge is 0.478 e. The van der Waals surface area contributed by atoms with E-state index in [1.54, 1.807) is 6.07 Å². The number of carbonyl (C=O) groups is 1. The Morgan fingerprint density at radius 1 is 1.35 bits per heavy atom. The number of rotatable bonds is 4. The Hall–Kier alpha value is -1.42. The van der Waals surface area contributed by atoms with E-state index in [4.69, 9.17) is 5.11 Å². The summed E-state index contributed by atoms with van der Waals surface area (Å²) in [5, 5.41) is 8.96. The summed E-state index contributed by atoms with van der Waals surface area (Å²) in [6, 6.07) is 4.07. The van der Waals surface area contributed by atoms with Gasteiger partial charge in [-0.05, 0) is 61.5 Å². The summed E-state index contributed by atoms with van der Waals surface area (Å²) in [6.07, 6.45) is 2.33. The van der Waals surface area contributed by atoms with Gasteiger partial charge < -0.3 is 5.11 Å². The van der Waals surface area contributed by atoms with Crippen LogP contribution in [0.25, 0.3) is 0 Å². The van der Waals surface area contributed by atoms with Gasteiger partial charge in [0.15, 0.2) is 0 Å². The summed E-state index contributed by atoms with van der Waals surface area (Å²) in [4.78, 5) is 13.2. The first-order valence-electron chi connectivity index (χ1n) is 7.21. The van der Waals surface area contributed by atoms with Crippen LogP contribution in [0.5, 0.6) is 0 Å². The average Bonchev–Trinajstić information content (AvgIpc) is 2.38. The number of halogens is 1. The smallest absolute Gasteiger partial charge is 0.335 e. The molecule has 1 heterocycles. The lowest BCUT2D eigenvalue weighted by Crippen LogP contribution is -2.34. The lowest BCUT2D eigenvalue weighted by molar-refractivity contribution is 0.0696. The molecule has 0 aliphatic carbocycles. The van der Waals surface area contributed by atoms with Crippen LogP contribution < -0.4 is 0 Å². The van der Waals surface area contributed by atoms with Gasteiger partial charge in [0.25, 0.3) is 0 Å². The molecule has 1 aromatic rings. The van der Waals surface area contributed by atoms with E-state index in [1.165, 1.54) is 18.9 Å². The van der Waals surface area contributed by atoms with E-state index in [9.17, 15) is 9.18 Å². The quantitative estimate of drug-likeness (QED) is 0.918. The molecule has 1 aromatic carbocycles. The maximum absolute atomic E-state index is 13.4. The first kappa shape index (κ1) is 15.0. The van der Waals surface area contributed by atoms with Crippen molar-refractivity contribution >= 4 is 5.97 Å². The Labute approximate surface area is 119 Å². The van der Waals surface area contributed by atoms with Gasteiger partial charge in [-0.3, -0.25) is 4.90 Å². The topological polar surface area (TPSA) is 40.5 Å². The molecule has 4 heteroatoms. The van der Waals surface area contributed by atoms with Gasteiger partial charge in [-0.1, -0.05) is 13.8 Å². The van der Waals surface area contributed by atoms with E-state index in [0.29, 0.717) is 12.5 Å². The molecule has 0 saturated carbocycles. The Morgan fingerprint density at radius 2 is 2.00 bits per heavy atom. The lowest BCUT2D eigenvalue weighted by Gasteiger charge is -2.33. The van der Waals surface area contributed by atoms with Crippen LogP contribution in [0.15, 0.2) is 18.2 Å². The highest BCUT2D eigenvalue weighted by atomic mass is 19.1. The Morgan fingerprint density at radius 3 is 2.55 bits per heavy atom. The van der Waals surface area contributed by atoms with Crippen LogP contribution in [0.4, 0.5) is 4.39 Å². The molecule has 0 radical (unpaired) electrons. The second-order valence-electron chi connectivity index (χ2n) is 6.01. The number of benzene rings is 1. The number of hydrogen-bond donors (Lipinski definition) is 1. The summed E-state index contributed by atoms with van der Waals surface area (Å²) in [6.45, 7) is 7.14. The Balaban J connectivity index is 1.99. The Kier molecular flexibility index (Phi) is 4.76. The van der Waals surface area contributed by atoms with Gasteiger partial charge in [-0.25, -0.2) is 9.18 Å². The van der Waals surface area contributed by atoms with Crippen LogP contribution in [-0.4, -0.2) is 29.1 Å². The van der Waals surface area contributed by atoms with Crippen molar-refractivity contribution in [1.82, 2.24) is 4.90 Å². The number of carboxylic acid groups (broad SMARTS) is 1. The number of likely N-dealkylation sites (tertiary alicyclic amines) is 1. The van der Waals surface area contributed by atoms with Gasteiger partial charge in [-0.2, -0.15) is 0 Å². The molecule has 20 heavy (non-hydrogen) atoms. The number of aromatic carboxylic acids is 1. The zero-order chi connectivity index (χ0) is 14.7. The van der Waals surface area contributed by atoms with Gasteiger partial charge in [0.05, 0.1) is 5.56 Å². The normalized spacial score (nSPS) is 17.6. The van der Waals surface area contributed by atoms with Crippen LogP contribution in [-0.2, 0) is 6.54 Å². The zero-order valence-electron chi connectivity index (χ0n) is 12.1. The fourth-order valence-corrected chi connectivity index (χ4v) is 2.90. The van der Waals surface area contributed by atoms with Crippen molar-refractivity contribution in [1.29, 1.82) is 0 Å². The lowest BCUT2D eigenvalue weighted by atomic mass is 9.86. The van der Waals surface area contributed by atoms with Crippen molar-refractivity contribution in [2.75, 3.05) is 13.1 Å². The molecular weight excluding hydrogens is 257 g/mol. The third-order valence-electron chi connectivity index (χ3n) is 4.19. The fourth-order valence-electron chi connectivity index (χ4n) is 2.90. The SMILES string of the molecule is CC(C)C1CCN(Cc2cc(F)cc(C(=O)O)c2)CC1. The molecule has 0 spiro atoms. The molecule has 0 amide bonds. The third-order valence-corrected chi connectivity index (χ3v) is 4.19. The molecule has 110 valence electrons. The van der Waals surface area contributed by atoms with Gasteiger partial charge >= 0.3 is 5.97 Å². The predicted octanol–water partition coefficient (Wildman–Crippen LogP) is 3.39. The van der Waals surface area contributed by atoms with Crippen LogP contribution in [0.2, 0.25) is 0 Å². The minimum absolute atomic E-state index is 0.0251. The van der Waals surface area contributed by atoms with E-state index in [2.05, 4.69) is 18.7 Å². The molecule has 1 saturated heterocycles. The molecule has 0 atom stereocenters. The highest BCUT2D eigenvalue weighted by Crippen LogP contribution is 2.25.